The number of hydrogen-bond acceptors (Lipinski definition) is 12. The first kappa shape index (κ1) is 35.2. The Morgan fingerprint density at radius 3 is 0.929 bits per heavy atom. The molecule has 0 bridgehead atoms. The molecule has 15 heteroatoms. The molecule has 15 nitrogen and oxygen atoms in total. The Balaban J connectivity index is 3.55. The van der Waals surface area contributed by atoms with E-state index in [-0.39, 0.29) is 75.0 Å². The van der Waals surface area contributed by atoms with E-state index in [1.807, 2.05) is 0 Å². The van der Waals surface area contributed by atoms with E-state index in [9.17, 15) is 44.1 Å². The summed E-state index contributed by atoms with van der Waals surface area (Å²) in [6.45, 7) is 8.83. The van der Waals surface area contributed by atoms with E-state index in [2.05, 4.69) is 34.4 Å². The maximum atomic E-state index is 12.4. The number of hydrogen-bond donors (Lipinski definition) is 3. The zero-order valence-corrected chi connectivity index (χ0v) is 22.5. The molecule has 0 unspecified atom stereocenters. The number of carbonyl (C=O) groups is 6. The van der Waals surface area contributed by atoms with Crippen molar-refractivity contribution >= 4 is 35.8 Å². The fraction of sp³-hybridized carbons (Fsp3) is 0.333. The molecular formula is C27H30O15. The van der Waals surface area contributed by atoms with Gasteiger partial charge in [-0.25, -0.2) is 28.8 Å². The molecule has 0 heterocycles. The molecule has 0 aromatic heterocycles. The van der Waals surface area contributed by atoms with Crippen LogP contribution in [0.5, 0.6) is 0 Å². The quantitative estimate of drug-likeness (QED) is 0.0806. The minimum absolute atomic E-state index is 0.0302. The van der Waals surface area contributed by atoms with Gasteiger partial charge in [-0.3, -0.25) is 14.7 Å². The molecule has 0 spiro atoms. The Morgan fingerprint density at radius 2 is 0.738 bits per heavy atom. The van der Waals surface area contributed by atoms with Crippen LogP contribution in [0.4, 0.5) is 0 Å². The van der Waals surface area contributed by atoms with Crippen molar-refractivity contribution in [1.82, 2.24) is 0 Å². The first-order valence-corrected chi connectivity index (χ1v) is 12.3. The number of carboxylic acid groups (broad SMARTS) is 3. The van der Waals surface area contributed by atoms with Crippen molar-refractivity contribution in [2.75, 3.05) is 19.8 Å². The summed E-state index contributed by atoms with van der Waals surface area (Å²) in [5, 5.41) is 30.3. The normalized spacial score (nSPS) is 10.3. The minimum Gasteiger partial charge on any atom is -0.478 e. The van der Waals surface area contributed by atoms with E-state index >= 15 is 0 Å². The van der Waals surface area contributed by atoms with Crippen LogP contribution in [0.3, 0.4) is 0 Å². The van der Waals surface area contributed by atoms with Gasteiger partial charge in [-0.05, 0) is 55.2 Å². The summed E-state index contributed by atoms with van der Waals surface area (Å²) in [4.78, 5) is 98.2. The van der Waals surface area contributed by atoms with E-state index < -0.39 is 52.5 Å². The highest BCUT2D eigenvalue weighted by Gasteiger charge is 2.32. The largest absolute Gasteiger partial charge is 0.478 e. The van der Waals surface area contributed by atoms with Crippen LogP contribution in [-0.4, -0.2) is 71.0 Å². The lowest BCUT2D eigenvalue weighted by molar-refractivity contribution is -0.267. The van der Waals surface area contributed by atoms with Crippen molar-refractivity contribution in [3.63, 3.8) is 0 Å². The number of rotatable bonds is 21. The van der Waals surface area contributed by atoms with Crippen LogP contribution >= 0.6 is 0 Å². The Kier molecular flexibility index (Phi) is 15.5. The lowest BCUT2D eigenvalue weighted by Gasteiger charge is -2.22. The number of carboxylic acids is 3. The van der Waals surface area contributed by atoms with Gasteiger partial charge in [0.25, 0.3) is 0 Å². The van der Waals surface area contributed by atoms with E-state index in [4.69, 9.17) is 14.7 Å². The molecule has 0 saturated heterocycles. The molecule has 1 rings (SSSR count). The number of carbonyl (C=O) groups excluding carboxylic acids is 3. The predicted molar refractivity (Wildman–Crippen MR) is 139 cm³/mol. The maximum Gasteiger partial charge on any atom is 0.365 e. The minimum atomic E-state index is -1.59. The van der Waals surface area contributed by atoms with Crippen LogP contribution in [0.25, 0.3) is 0 Å². The van der Waals surface area contributed by atoms with Gasteiger partial charge in [0.2, 0.25) is 0 Å². The number of aromatic carboxylic acids is 3. The predicted octanol–water partition coefficient (Wildman–Crippen LogP) is 2.56. The average Bonchev–Trinajstić information content (AvgIpc) is 2.94. The molecule has 0 aliphatic heterocycles. The third-order valence-corrected chi connectivity index (χ3v) is 5.34. The highest BCUT2D eigenvalue weighted by Crippen LogP contribution is 2.32. The third kappa shape index (κ3) is 11.0. The standard InChI is InChI=1S/C27H30O15/c1-4-19(28)40-37-13-7-10-16-22(25(31)32)17(11-8-14-38-41-20(29)5-2)24(27(35)36)18(23(16)26(33)34)12-9-15-39-42-21(30)6-3/h4-6H,1-3,7-15H2,(H,31,32)(H,33,34)(H,35,36). The monoisotopic (exact) mass is 594 g/mol. The van der Waals surface area contributed by atoms with Crippen LogP contribution in [0.15, 0.2) is 38.0 Å². The van der Waals surface area contributed by atoms with Gasteiger partial charge in [0.1, 0.15) is 0 Å². The highest BCUT2D eigenvalue weighted by molar-refractivity contribution is 6.05. The summed E-state index contributed by atoms with van der Waals surface area (Å²) in [5.41, 5.74) is -2.22. The Hall–Kier alpha value is -4.86. The van der Waals surface area contributed by atoms with Gasteiger partial charge in [0.15, 0.2) is 0 Å². The third-order valence-electron chi connectivity index (χ3n) is 5.34. The lowest BCUT2D eigenvalue weighted by atomic mass is 9.81. The first-order chi connectivity index (χ1) is 20.0. The summed E-state index contributed by atoms with van der Waals surface area (Å²) in [6.07, 6.45) is 1.77. The van der Waals surface area contributed by atoms with E-state index in [0.717, 1.165) is 18.2 Å². The van der Waals surface area contributed by atoms with Crippen LogP contribution < -0.4 is 0 Å². The molecule has 1 aromatic rings. The fourth-order valence-corrected chi connectivity index (χ4v) is 3.77. The van der Waals surface area contributed by atoms with Gasteiger partial charge in [-0.1, -0.05) is 19.7 Å². The highest BCUT2D eigenvalue weighted by atomic mass is 17.2. The molecule has 0 atom stereocenters. The van der Waals surface area contributed by atoms with E-state index in [1.165, 1.54) is 0 Å². The van der Waals surface area contributed by atoms with Crippen molar-refractivity contribution < 1.29 is 73.4 Å². The molecule has 228 valence electrons. The Labute approximate surface area is 239 Å². The van der Waals surface area contributed by atoms with Gasteiger partial charge in [-0.2, -0.15) is 14.7 Å². The van der Waals surface area contributed by atoms with Crippen molar-refractivity contribution in [1.29, 1.82) is 0 Å². The topological polar surface area (TPSA) is 218 Å². The van der Waals surface area contributed by atoms with Gasteiger partial charge in [0.05, 0.1) is 36.5 Å². The Morgan fingerprint density at radius 1 is 0.500 bits per heavy atom. The summed E-state index contributed by atoms with van der Waals surface area (Å²) >= 11 is 0. The molecule has 0 fully saturated rings. The van der Waals surface area contributed by atoms with E-state index in [0.29, 0.717) is 0 Å². The zero-order chi connectivity index (χ0) is 31.7. The van der Waals surface area contributed by atoms with E-state index in [1.54, 1.807) is 0 Å². The number of benzene rings is 1. The van der Waals surface area contributed by atoms with Gasteiger partial charge < -0.3 is 15.3 Å². The molecule has 0 saturated carbocycles. The summed E-state index contributed by atoms with van der Waals surface area (Å²) in [7, 11) is 0. The molecule has 3 N–H and O–H groups in total. The molecule has 0 amide bonds. The van der Waals surface area contributed by atoms with Gasteiger partial charge in [-0.15, -0.1) is 0 Å². The maximum absolute atomic E-state index is 12.4. The summed E-state index contributed by atoms with van der Waals surface area (Å²) < 4.78 is 0. The first-order valence-electron chi connectivity index (χ1n) is 12.3. The summed E-state index contributed by atoms with van der Waals surface area (Å²) in [5.74, 6) is -7.42. The van der Waals surface area contributed by atoms with Crippen LogP contribution in [0, 0.1) is 0 Å². The van der Waals surface area contributed by atoms with Gasteiger partial charge in [0, 0.05) is 18.2 Å². The SMILES string of the molecule is C=CC(=O)OOCCCc1c(C(=O)O)c(CCCOOC(=O)C=C)c(C(=O)O)c(CCCOOC(=O)C=C)c1C(=O)O. The second kappa shape index (κ2) is 18.5. The average molecular weight is 595 g/mol. The van der Waals surface area contributed by atoms with Crippen LogP contribution in [0.1, 0.15) is 67.0 Å². The molecule has 0 radical (unpaired) electrons. The van der Waals surface area contributed by atoms with Crippen molar-refractivity contribution in [3.8, 4) is 0 Å². The zero-order valence-electron chi connectivity index (χ0n) is 22.5. The second-order valence-electron chi connectivity index (χ2n) is 8.07. The van der Waals surface area contributed by atoms with Crippen molar-refractivity contribution in [2.45, 2.75) is 38.5 Å². The van der Waals surface area contributed by atoms with Gasteiger partial charge >= 0.3 is 35.8 Å². The molecule has 42 heavy (non-hydrogen) atoms. The fourth-order valence-electron chi connectivity index (χ4n) is 3.77. The summed E-state index contributed by atoms with van der Waals surface area (Å²) in [6, 6.07) is 0. The van der Waals surface area contributed by atoms with Crippen molar-refractivity contribution in [3.05, 3.63) is 71.3 Å². The Bertz CT molecular complexity index is 1050. The molecule has 0 aliphatic carbocycles. The molecular weight excluding hydrogens is 564 g/mol. The molecule has 0 aliphatic rings. The molecule has 1 aromatic carbocycles. The van der Waals surface area contributed by atoms with Crippen LogP contribution in [0.2, 0.25) is 0 Å². The van der Waals surface area contributed by atoms with Crippen molar-refractivity contribution in [2.24, 2.45) is 0 Å². The smallest absolute Gasteiger partial charge is 0.365 e. The van der Waals surface area contributed by atoms with Crippen LogP contribution in [-0.2, 0) is 63.0 Å². The second-order valence-corrected chi connectivity index (χ2v) is 8.07. The lowest BCUT2D eigenvalue weighted by Crippen LogP contribution is -2.23.